The maximum atomic E-state index is 11.9. The number of methoxy groups -OCH3 is 2. The van der Waals surface area contributed by atoms with E-state index in [1.54, 1.807) is 14.2 Å². The minimum absolute atomic E-state index is 0.00258. The highest BCUT2D eigenvalue weighted by molar-refractivity contribution is 9.09. The third kappa shape index (κ3) is 3.02. The minimum atomic E-state index is -0.00258. The van der Waals surface area contributed by atoms with Crippen LogP contribution in [0.4, 0.5) is 0 Å². The summed E-state index contributed by atoms with van der Waals surface area (Å²) >= 11 is 3.19. The van der Waals surface area contributed by atoms with Crippen LogP contribution in [0.3, 0.4) is 0 Å². The fourth-order valence-electron chi connectivity index (χ4n) is 1.96. The van der Waals surface area contributed by atoms with Crippen molar-refractivity contribution < 1.29 is 14.3 Å². The van der Waals surface area contributed by atoms with Crippen LogP contribution in [-0.2, 0) is 0 Å². The number of carbonyl (C=O) groups excluding carboxylic acids is 1. The molecule has 0 heterocycles. The lowest BCUT2D eigenvalue weighted by atomic mass is 10.0. The molecule has 0 saturated heterocycles. The summed E-state index contributed by atoms with van der Waals surface area (Å²) in [6, 6.07) is 13.3. The lowest BCUT2D eigenvalue weighted by Crippen LogP contribution is -2.03. The van der Waals surface area contributed by atoms with Crippen LogP contribution in [0.15, 0.2) is 42.5 Å². The molecule has 0 unspecified atom stereocenters. The predicted octanol–water partition coefficient (Wildman–Crippen LogP) is 3.95. The standard InChI is InChI=1S/C16H15BrO3/c1-19-13-6-3-11(4-7-13)12-5-8-16(20-2)14(9-12)15(18)10-17/h3-9H,10H2,1-2H3. The first-order valence-electron chi connectivity index (χ1n) is 6.11. The number of ether oxygens (including phenoxy) is 2. The van der Waals surface area contributed by atoms with Gasteiger partial charge in [-0.05, 0) is 35.4 Å². The van der Waals surface area contributed by atoms with E-state index in [9.17, 15) is 4.79 Å². The van der Waals surface area contributed by atoms with Gasteiger partial charge in [0.2, 0.25) is 0 Å². The molecule has 4 heteroatoms. The van der Waals surface area contributed by atoms with Gasteiger partial charge in [0.15, 0.2) is 5.78 Å². The molecule has 104 valence electrons. The van der Waals surface area contributed by atoms with E-state index < -0.39 is 0 Å². The second kappa shape index (κ2) is 6.57. The van der Waals surface area contributed by atoms with Crippen molar-refractivity contribution in [1.82, 2.24) is 0 Å². The van der Waals surface area contributed by atoms with Gasteiger partial charge in [0.1, 0.15) is 11.5 Å². The number of hydrogen-bond acceptors (Lipinski definition) is 3. The molecule has 0 radical (unpaired) electrons. The van der Waals surface area contributed by atoms with Gasteiger partial charge in [0.05, 0.1) is 25.1 Å². The average molecular weight is 335 g/mol. The minimum Gasteiger partial charge on any atom is -0.497 e. The fourth-order valence-corrected chi connectivity index (χ4v) is 2.26. The van der Waals surface area contributed by atoms with Crippen molar-refractivity contribution >= 4 is 21.7 Å². The number of carbonyl (C=O) groups is 1. The van der Waals surface area contributed by atoms with Gasteiger partial charge in [-0.15, -0.1) is 0 Å². The van der Waals surface area contributed by atoms with Gasteiger partial charge in [0.25, 0.3) is 0 Å². The van der Waals surface area contributed by atoms with Crippen LogP contribution in [0.25, 0.3) is 11.1 Å². The van der Waals surface area contributed by atoms with Crippen LogP contribution >= 0.6 is 15.9 Å². The third-order valence-corrected chi connectivity index (χ3v) is 3.55. The van der Waals surface area contributed by atoms with Gasteiger partial charge >= 0.3 is 0 Å². The van der Waals surface area contributed by atoms with Crippen molar-refractivity contribution in [1.29, 1.82) is 0 Å². The second-order valence-corrected chi connectivity index (χ2v) is 4.76. The van der Waals surface area contributed by atoms with Crippen LogP contribution in [0, 0.1) is 0 Å². The molecule has 3 nitrogen and oxygen atoms in total. The molecule has 0 aliphatic heterocycles. The maximum Gasteiger partial charge on any atom is 0.177 e. The highest BCUT2D eigenvalue weighted by Crippen LogP contribution is 2.28. The molecule has 0 amide bonds. The molecule has 2 aromatic carbocycles. The Morgan fingerprint density at radius 3 is 2.20 bits per heavy atom. The van der Waals surface area contributed by atoms with Gasteiger partial charge in [-0.2, -0.15) is 0 Å². The van der Waals surface area contributed by atoms with Gasteiger partial charge in [-0.3, -0.25) is 4.79 Å². The summed E-state index contributed by atoms with van der Waals surface area (Å²) in [5, 5.41) is 0.273. The van der Waals surface area contributed by atoms with Crippen LogP contribution < -0.4 is 9.47 Å². The Kier molecular flexibility index (Phi) is 4.79. The molecule has 0 aliphatic rings. The van der Waals surface area contributed by atoms with Crippen molar-refractivity contribution in [2.24, 2.45) is 0 Å². The zero-order chi connectivity index (χ0) is 14.5. The Balaban J connectivity index is 2.43. The Labute approximate surface area is 126 Å². The van der Waals surface area contributed by atoms with E-state index in [1.165, 1.54) is 0 Å². The van der Waals surface area contributed by atoms with Gasteiger partial charge in [0, 0.05) is 0 Å². The fraction of sp³-hybridized carbons (Fsp3) is 0.188. The number of alkyl halides is 1. The van der Waals surface area contributed by atoms with Gasteiger partial charge in [-0.25, -0.2) is 0 Å². The van der Waals surface area contributed by atoms with Crippen LogP contribution in [0.2, 0.25) is 0 Å². The largest absolute Gasteiger partial charge is 0.497 e. The first-order valence-corrected chi connectivity index (χ1v) is 7.23. The van der Waals surface area contributed by atoms with E-state index in [0.717, 1.165) is 16.9 Å². The van der Waals surface area contributed by atoms with Gasteiger partial charge < -0.3 is 9.47 Å². The SMILES string of the molecule is COc1ccc(-c2ccc(OC)c(C(=O)CBr)c2)cc1. The Hall–Kier alpha value is -1.81. The Morgan fingerprint density at radius 1 is 1.00 bits per heavy atom. The summed E-state index contributed by atoms with van der Waals surface area (Å²) < 4.78 is 10.4. The monoisotopic (exact) mass is 334 g/mol. The topological polar surface area (TPSA) is 35.5 Å². The summed E-state index contributed by atoms with van der Waals surface area (Å²) in [4.78, 5) is 11.9. The lowest BCUT2D eigenvalue weighted by Gasteiger charge is -2.10. The molecule has 2 aromatic rings. The number of Topliss-reactive ketones (excluding diaryl/α,β-unsaturated/α-hetero) is 1. The molecule has 0 N–H and O–H groups in total. The quantitative estimate of drug-likeness (QED) is 0.613. The summed E-state index contributed by atoms with van der Waals surface area (Å²) in [5.41, 5.74) is 2.58. The molecule has 0 fully saturated rings. The molecular formula is C16H15BrO3. The zero-order valence-electron chi connectivity index (χ0n) is 11.4. The van der Waals surface area contributed by atoms with Crippen molar-refractivity contribution in [2.45, 2.75) is 0 Å². The highest BCUT2D eigenvalue weighted by atomic mass is 79.9. The number of hydrogen-bond donors (Lipinski definition) is 0. The first-order chi connectivity index (χ1) is 9.69. The average Bonchev–Trinajstić information content (AvgIpc) is 2.53. The van der Waals surface area contributed by atoms with Crippen molar-refractivity contribution in [3.63, 3.8) is 0 Å². The molecule has 0 saturated carbocycles. The van der Waals surface area contributed by atoms with Crippen molar-refractivity contribution in [2.75, 3.05) is 19.5 Å². The van der Waals surface area contributed by atoms with E-state index in [1.807, 2.05) is 42.5 Å². The molecule has 0 spiro atoms. The number of ketones is 1. The van der Waals surface area contributed by atoms with Crippen LogP contribution in [-0.4, -0.2) is 25.3 Å². The Bertz CT molecular complexity index is 606. The predicted molar refractivity (Wildman–Crippen MR) is 83.1 cm³/mol. The summed E-state index contributed by atoms with van der Waals surface area (Å²) in [5.74, 6) is 1.39. The molecule has 20 heavy (non-hydrogen) atoms. The van der Waals surface area contributed by atoms with Crippen molar-refractivity contribution in [3.8, 4) is 22.6 Å². The Morgan fingerprint density at radius 2 is 1.65 bits per heavy atom. The second-order valence-electron chi connectivity index (χ2n) is 4.20. The number of halogens is 1. The number of benzene rings is 2. The molecule has 0 aromatic heterocycles. The molecule has 0 aliphatic carbocycles. The van der Waals surface area contributed by atoms with E-state index in [0.29, 0.717) is 11.3 Å². The summed E-state index contributed by atoms with van der Waals surface area (Å²) in [7, 11) is 3.20. The third-order valence-electron chi connectivity index (χ3n) is 3.04. The van der Waals surface area contributed by atoms with Crippen LogP contribution in [0.5, 0.6) is 11.5 Å². The summed E-state index contributed by atoms with van der Waals surface area (Å²) in [6.45, 7) is 0. The normalized spacial score (nSPS) is 10.2. The molecule has 2 rings (SSSR count). The van der Waals surface area contributed by atoms with Crippen LogP contribution in [0.1, 0.15) is 10.4 Å². The zero-order valence-corrected chi connectivity index (χ0v) is 12.9. The number of rotatable bonds is 5. The summed E-state index contributed by atoms with van der Waals surface area (Å²) in [6.07, 6.45) is 0. The van der Waals surface area contributed by atoms with E-state index >= 15 is 0 Å². The smallest absolute Gasteiger partial charge is 0.177 e. The lowest BCUT2D eigenvalue weighted by molar-refractivity contribution is 0.102. The van der Waals surface area contributed by atoms with Gasteiger partial charge in [-0.1, -0.05) is 34.1 Å². The molecular weight excluding hydrogens is 320 g/mol. The first kappa shape index (κ1) is 14.6. The van der Waals surface area contributed by atoms with E-state index in [4.69, 9.17) is 9.47 Å². The van der Waals surface area contributed by atoms with Crippen molar-refractivity contribution in [3.05, 3.63) is 48.0 Å². The molecule has 0 bridgehead atoms. The maximum absolute atomic E-state index is 11.9. The van der Waals surface area contributed by atoms with E-state index in [-0.39, 0.29) is 11.1 Å². The highest BCUT2D eigenvalue weighted by Gasteiger charge is 2.12. The molecule has 0 atom stereocenters. The van der Waals surface area contributed by atoms with E-state index in [2.05, 4.69) is 15.9 Å².